The van der Waals surface area contributed by atoms with Crippen LogP contribution in [0.3, 0.4) is 0 Å². The van der Waals surface area contributed by atoms with E-state index in [0.29, 0.717) is 0 Å². The Hall–Kier alpha value is -2.69. The summed E-state index contributed by atoms with van der Waals surface area (Å²) in [6.45, 7) is 7.61. The number of nitrogens with zero attached hydrogens (tertiary/aromatic N) is 4. The third-order valence-electron chi connectivity index (χ3n) is 5.93. The maximum atomic E-state index is 4.71. The molecule has 4 heteroatoms. The Morgan fingerprint density at radius 1 is 0.893 bits per heavy atom. The second-order valence-electron chi connectivity index (χ2n) is 7.99. The molecule has 0 aliphatic carbocycles. The smallest absolute Gasteiger partial charge is 0.0557 e. The molecule has 0 atom stereocenters. The van der Waals surface area contributed by atoms with Crippen molar-refractivity contribution in [3.05, 3.63) is 72.2 Å². The molecule has 1 aliphatic heterocycles. The highest BCUT2D eigenvalue weighted by Crippen LogP contribution is 2.26. The van der Waals surface area contributed by atoms with E-state index < -0.39 is 0 Å². The van der Waals surface area contributed by atoms with Crippen molar-refractivity contribution in [1.82, 2.24) is 19.4 Å². The summed E-state index contributed by atoms with van der Waals surface area (Å²) in [4.78, 5) is 9.60. The van der Waals surface area contributed by atoms with E-state index in [1.165, 1.54) is 32.9 Å². The van der Waals surface area contributed by atoms with Crippen molar-refractivity contribution in [2.24, 2.45) is 0 Å². The van der Waals surface area contributed by atoms with Crippen LogP contribution in [0.4, 0.5) is 0 Å². The van der Waals surface area contributed by atoms with Crippen molar-refractivity contribution < 1.29 is 0 Å². The molecule has 5 rings (SSSR count). The van der Waals surface area contributed by atoms with Gasteiger partial charge in [-0.2, -0.15) is 0 Å². The van der Waals surface area contributed by atoms with Crippen LogP contribution in [-0.2, 0) is 6.54 Å². The van der Waals surface area contributed by atoms with Crippen LogP contribution < -0.4 is 0 Å². The number of pyridine rings is 1. The van der Waals surface area contributed by atoms with Gasteiger partial charge in [-0.15, -0.1) is 0 Å². The summed E-state index contributed by atoms with van der Waals surface area (Å²) in [5, 5.41) is 3.73. The van der Waals surface area contributed by atoms with Crippen molar-refractivity contribution in [3.8, 4) is 5.69 Å². The van der Waals surface area contributed by atoms with E-state index in [9.17, 15) is 0 Å². The Balaban J connectivity index is 1.49. The molecule has 1 fully saturated rings. The lowest BCUT2D eigenvalue weighted by molar-refractivity contribution is 0.147. The summed E-state index contributed by atoms with van der Waals surface area (Å²) in [6, 6.07) is 17.6. The highest BCUT2D eigenvalue weighted by molar-refractivity contribution is 5.88. The Kier molecular flexibility index (Phi) is 4.38. The summed E-state index contributed by atoms with van der Waals surface area (Å²) >= 11 is 0. The fourth-order valence-corrected chi connectivity index (χ4v) is 4.24. The van der Waals surface area contributed by atoms with E-state index in [1.807, 2.05) is 6.20 Å². The topological polar surface area (TPSA) is 24.3 Å². The Morgan fingerprint density at radius 2 is 1.75 bits per heavy atom. The summed E-state index contributed by atoms with van der Waals surface area (Å²) in [7, 11) is 2.19. The van der Waals surface area contributed by atoms with Crippen LogP contribution in [0.15, 0.2) is 60.9 Å². The van der Waals surface area contributed by atoms with Gasteiger partial charge in [-0.25, -0.2) is 0 Å². The first-order valence-corrected chi connectivity index (χ1v) is 10.0. The molecule has 142 valence electrons. The zero-order valence-electron chi connectivity index (χ0n) is 16.6. The fourth-order valence-electron chi connectivity index (χ4n) is 4.24. The van der Waals surface area contributed by atoms with Gasteiger partial charge in [0.15, 0.2) is 0 Å². The number of rotatable bonds is 3. The number of para-hydroxylation sites is 1. The maximum Gasteiger partial charge on any atom is 0.0557 e. The van der Waals surface area contributed by atoms with E-state index >= 15 is 0 Å². The molecule has 28 heavy (non-hydrogen) atoms. The number of piperazine rings is 1. The van der Waals surface area contributed by atoms with Crippen molar-refractivity contribution in [2.75, 3.05) is 33.2 Å². The Morgan fingerprint density at radius 3 is 2.61 bits per heavy atom. The fraction of sp³-hybridized carbons (Fsp3) is 0.292. The molecule has 0 N–H and O–H groups in total. The quantitative estimate of drug-likeness (QED) is 0.539. The molecule has 0 spiro atoms. The lowest BCUT2D eigenvalue weighted by Crippen LogP contribution is -2.43. The second kappa shape index (κ2) is 7.04. The molecule has 1 aliphatic rings. The zero-order chi connectivity index (χ0) is 19.1. The van der Waals surface area contributed by atoms with Gasteiger partial charge in [0, 0.05) is 61.6 Å². The van der Waals surface area contributed by atoms with Gasteiger partial charge in [0.2, 0.25) is 0 Å². The molecule has 1 saturated heterocycles. The van der Waals surface area contributed by atoms with Crippen LogP contribution in [0.1, 0.15) is 11.3 Å². The van der Waals surface area contributed by atoms with E-state index in [2.05, 4.69) is 83.1 Å². The van der Waals surface area contributed by atoms with Gasteiger partial charge >= 0.3 is 0 Å². The molecule has 0 radical (unpaired) electrons. The highest BCUT2D eigenvalue weighted by atomic mass is 15.2. The third-order valence-corrected chi connectivity index (χ3v) is 5.93. The zero-order valence-corrected chi connectivity index (χ0v) is 16.6. The number of fused-ring (bicyclic) bond motifs is 2. The number of hydrogen-bond donors (Lipinski definition) is 0. The molecule has 0 unspecified atom stereocenters. The molecule has 0 bridgehead atoms. The van der Waals surface area contributed by atoms with Crippen molar-refractivity contribution in [3.63, 3.8) is 0 Å². The number of likely N-dealkylation sites (N-methyl/N-ethyl adjacent to an activating group) is 1. The normalized spacial score (nSPS) is 16.2. The van der Waals surface area contributed by atoms with Crippen LogP contribution in [-0.4, -0.2) is 52.6 Å². The van der Waals surface area contributed by atoms with Gasteiger partial charge in [0.25, 0.3) is 0 Å². The average Bonchev–Trinajstić information content (AvgIpc) is 3.15. The van der Waals surface area contributed by atoms with Gasteiger partial charge in [0.05, 0.1) is 11.2 Å². The SMILES string of the molecule is Cc1cccc2ccn(-c3ccc4cnc(CN5CCN(C)CC5)cc4c3)c12. The molecule has 3 heterocycles. The molecule has 4 aromatic rings. The number of benzene rings is 2. The second-order valence-corrected chi connectivity index (χ2v) is 7.99. The van der Waals surface area contributed by atoms with E-state index in [0.717, 1.165) is 38.4 Å². The average molecular weight is 371 g/mol. The first-order chi connectivity index (χ1) is 13.7. The number of aryl methyl sites for hydroxylation is 1. The predicted molar refractivity (Wildman–Crippen MR) is 116 cm³/mol. The Labute approximate surface area is 166 Å². The molecule has 2 aromatic heterocycles. The minimum atomic E-state index is 0.930. The summed E-state index contributed by atoms with van der Waals surface area (Å²) in [5.74, 6) is 0. The third kappa shape index (κ3) is 3.19. The number of aromatic nitrogens is 2. The molecule has 0 saturated carbocycles. The lowest BCUT2D eigenvalue weighted by Gasteiger charge is -2.32. The van der Waals surface area contributed by atoms with Crippen molar-refractivity contribution in [1.29, 1.82) is 0 Å². The lowest BCUT2D eigenvalue weighted by atomic mass is 10.1. The molecule has 4 nitrogen and oxygen atoms in total. The van der Waals surface area contributed by atoms with Gasteiger partial charge in [0.1, 0.15) is 0 Å². The summed E-state index contributed by atoms with van der Waals surface area (Å²) in [5.41, 5.74) is 4.94. The minimum Gasteiger partial charge on any atom is -0.316 e. The van der Waals surface area contributed by atoms with Crippen molar-refractivity contribution in [2.45, 2.75) is 13.5 Å². The van der Waals surface area contributed by atoms with E-state index in [-0.39, 0.29) is 0 Å². The number of hydrogen-bond acceptors (Lipinski definition) is 3. The van der Waals surface area contributed by atoms with Gasteiger partial charge in [-0.1, -0.05) is 24.3 Å². The predicted octanol–water partition coefficient (Wildman–Crippen LogP) is 4.23. The monoisotopic (exact) mass is 370 g/mol. The summed E-state index contributed by atoms with van der Waals surface area (Å²) in [6.07, 6.45) is 4.19. The molecule has 0 amide bonds. The van der Waals surface area contributed by atoms with E-state index in [4.69, 9.17) is 4.98 Å². The molecular formula is C24H26N4. The van der Waals surface area contributed by atoms with Gasteiger partial charge in [-0.3, -0.25) is 9.88 Å². The highest BCUT2D eigenvalue weighted by Gasteiger charge is 2.14. The van der Waals surface area contributed by atoms with Gasteiger partial charge < -0.3 is 9.47 Å². The van der Waals surface area contributed by atoms with Crippen LogP contribution >= 0.6 is 0 Å². The largest absolute Gasteiger partial charge is 0.316 e. The molecular weight excluding hydrogens is 344 g/mol. The summed E-state index contributed by atoms with van der Waals surface area (Å²) < 4.78 is 2.30. The first kappa shape index (κ1) is 17.4. The van der Waals surface area contributed by atoms with E-state index in [1.54, 1.807) is 0 Å². The molecule has 2 aromatic carbocycles. The van der Waals surface area contributed by atoms with Gasteiger partial charge in [-0.05, 0) is 49.2 Å². The maximum absolute atomic E-state index is 4.71. The standard InChI is InChI=1S/C24H26N4/c1-18-4-3-5-19-8-9-28(24(18)19)23-7-6-20-16-25-22(14-21(20)15-23)17-27-12-10-26(2)11-13-27/h3-9,14-16H,10-13,17H2,1-2H3. The van der Waals surface area contributed by atoms with Crippen LogP contribution in [0.2, 0.25) is 0 Å². The van der Waals surface area contributed by atoms with Crippen molar-refractivity contribution >= 4 is 21.7 Å². The van der Waals surface area contributed by atoms with Crippen LogP contribution in [0.5, 0.6) is 0 Å². The Bertz CT molecular complexity index is 1140. The first-order valence-electron chi connectivity index (χ1n) is 10.0. The van der Waals surface area contributed by atoms with Crippen LogP contribution in [0.25, 0.3) is 27.4 Å². The van der Waals surface area contributed by atoms with Crippen LogP contribution in [0, 0.1) is 6.92 Å². The minimum absolute atomic E-state index is 0.930.